The van der Waals surface area contributed by atoms with E-state index in [1.165, 1.54) is 0 Å². The van der Waals surface area contributed by atoms with E-state index in [2.05, 4.69) is 17.1 Å². The van der Waals surface area contributed by atoms with Gasteiger partial charge in [0, 0.05) is 13.1 Å². The Balaban J connectivity index is 1.93. The number of aliphatic hydroxyl groups is 1. The highest BCUT2D eigenvalue weighted by atomic mass is 16.5. The number of aliphatic hydroxyl groups excluding tert-OH is 1. The van der Waals surface area contributed by atoms with Crippen molar-refractivity contribution in [2.75, 3.05) is 26.3 Å². The van der Waals surface area contributed by atoms with Crippen molar-refractivity contribution < 1.29 is 9.84 Å². The van der Waals surface area contributed by atoms with Crippen LogP contribution < -0.4 is 0 Å². The van der Waals surface area contributed by atoms with Gasteiger partial charge in [-0.1, -0.05) is 12.2 Å². The van der Waals surface area contributed by atoms with Gasteiger partial charge >= 0.3 is 0 Å². The van der Waals surface area contributed by atoms with Crippen LogP contribution in [0.3, 0.4) is 0 Å². The van der Waals surface area contributed by atoms with Gasteiger partial charge in [-0.3, -0.25) is 4.90 Å². The Morgan fingerprint density at radius 2 is 2.08 bits per heavy atom. The Bertz CT molecular complexity index is 175. The zero-order valence-corrected chi connectivity index (χ0v) is 7.15. The molecule has 2 aliphatic rings. The van der Waals surface area contributed by atoms with E-state index in [1.807, 2.05) is 0 Å². The number of rotatable bonds is 1. The molecule has 0 radical (unpaired) electrons. The van der Waals surface area contributed by atoms with E-state index >= 15 is 0 Å². The van der Waals surface area contributed by atoms with Crippen molar-refractivity contribution in [3.63, 3.8) is 0 Å². The summed E-state index contributed by atoms with van der Waals surface area (Å²) in [6, 6.07) is 0.244. The van der Waals surface area contributed by atoms with Crippen LogP contribution in [-0.2, 0) is 4.74 Å². The van der Waals surface area contributed by atoms with Crippen LogP contribution in [0.25, 0.3) is 0 Å². The molecule has 2 unspecified atom stereocenters. The fourth-order valence-corrected chi connectivity index (χ4v) is 1.87. The predicted octanol–water partition coefficient (Wildman–Crippen LogP) is 0.00800. The maximum atomic E-state index is 9.60. The summed E-state index contributed by atoms with van der Waals surface area (Å²) < 4.78 is 5.25. The van der Waals surface area contributed by atoms with Crippen LogP contribution in [0.5, 0.6) is 0 Å². The third-order valence-corrected chi connectivity index (χ3v) is 2.57. The standard InChI is InChI=1S/C9H15NO2/c11-9-3-1-2-8(9)10-4-6-12-7-5-10/h1-2,8-9,11H,3-7H2. The van der Waals surface area contributed by atoms with Gasteiger partial charge in [-0.05, 0) is 6.42 Å². The van der Waals surface area contributed by atoms with Crippen molar-refractivity contribution in [3.05, 3.63) is 12.2 Å². The van der Waals surface area contributed by atoms with Crippen molar-refractivity contribution in [2.45, 2.75) is 18.6 Å². The SMILES string of the molecule is OC1CC=CC1N1CCOCC1. The maximum Gasteiger partial charge on any atom is 0.0765 e. The number of nitrogens with zero attached hydrogens (tertiary/aromatic N) is 1. The molecule has 0 aromatic rings. The van der Waals surface area contributed by atoms with Gasteiger partial charge in [-0.25, -0.2) is 0 Å². The van der Waals surface area contributed by atoms with E-state index in [9.17, 15) is 5.11 Å². The second-order valence-corrected chi connectivity index (χ2v) is 3.37. The molecule has 2 rings (SSSR count). The topological polar surface area (TPSA) is 32.7 Å². The molecule has 0 saturated carbocycles. The molecule has 0 bridgehead atoms. The molecule has 0 aromatic carbocycles. The Morgan fingerprint density at radius 1 is 1.33 bits per heavy atom. The zero-order chi connectivity index (χ0) is 8.39. The third kappa shape index (κ3) is 1.53. The summed E-state index contributed by atoms with van der Waals surface area (Å²) >= 11 is 0. The minimum atomic E-state index is -0.192. The van der Waals surface area contributed by atoms with Crippen molar-refractivity contribution in [2.24, 2.45) is 0 Å². The van der Waals surface area contributed by atoms with Crippen LogP contribution >= 0.6 is 0 Å². The molecule has 2 atom stereocenters. The van der Waals surface area contributed by atoms with Crippen molar-refractivity contribution in [1.29, 1.82) is 0 Å². The Morgan fingerprint density at radius 3 is 2.67 bits per heavy atom. The summed E-state index contributed by atoms with van der Waals surface area (Å²) in [5, 5.41) is 9.60. The first kappa shape index (κ1) is 8.23. The first-order valence-electron chi connectivity index (χ1n) is 4.54. The van der Waals surface area contributed by atoms with Crippen molar-refractivity contribution >= 4 is 0 Å². The monoisotopic (exact) mass is 169 g/mol. The molecule has 0 amide bonds. The minimum Gasteiger partial charge on any atom is -0.391 e. The molecule has 68 valence electrons. The molecule has 1 aliphatic carbocycles. The van der Waals surface area contributed by atoms with Crippen LogP contribution in [0.2, 0.25) is 0 Å². The normalized spacial score (nSPS) is 37.4. The summed E-state index contributed by atoms with van der Waals surface area (Å²) in [6.45, 7) is 3.51. The van der Waals surface area contributed by atoms with Crippen molar-refractivity contribution in [1.82, 2.24) is 4.90 Å². The highest BCUT2D eigenvalue weighted by Crippen LogP contribution is 2.17. The van der Waals surface area contributed by atoms with Gasteiger partial charge in [-0.15, -0.1) is 0 Å². The average molecular weight is 169 g/mol. The smallest absolute Gasteiger partial charge is 0.0765 e. The molecule has 12 heavy (non-hydrogen) atoms. The molecule has 1 aliphatic heterocycles. The molecule has 3 heteroatoms. The fourth-order valence-electron chi connectivity index (χ4n) is 1.87. The lowest BCUT2D eigenvalue weighted by molar-refractivity contribution is -0.00231. The summed E-state index contributed by atoms with van der Waals surface area (Å²) in [5.74, 6) is 0. The molecule has 0 aromatic heterocycles. The van der Waals surface area contributed by atoms with Gasteiger partial charge < -0.3 is 9.84 Å². The molecule has 1 heterocycles. The summed E-state index contributed by atoms with van der Waals surface area (Å²) in [5.41, 5.74) is 0. The van der Waals surface area contributed by atoms with Gasteiger partial charge in [0.15, 0.2) is 0 Å². The predicted molar refractivity (Wildman–Crippen MR) is 45.9 cm³/mol. The van der Waals surface area contributed by atoms with Crippen LogP contribution in [0.4, 0.5) is 0 Å². The van der Waals surface area contributed by atoms with Gasteiger partial charge in [-0.2, -0.15) is 0 Å². The van der Waals surface area contributed by atoms with E-state index < -0.39 is 0 Å². The minimum absolute atomic E-state index is 0.192. The molecule has 3 nitrogen and oxygen atoms in total. The lowest BCUT2D eigenvalue weighted by Crippen LogP contribution is -2.46. The quantitative estimate of drug-likeness (QED) is 0.561. The first-order chi connectivity index (χ1) is 5.88. The van der Waals surface area contributed by atoms with Crippen molar-refractivity contribution in [3.8, 4) is 0 Å². The summed E-state index contributed by atoms with van der Waals surface area (Å²) in [6.07, 6.45) is 4.78. The fraction of sp³-hybridized carbons (Fsp3) is 0.778. The van der Waals surface area contributed by atoms with E-state index in [4.69, 9.17) is 4.74 Å². The molecule has 1 fully saturated rings. The lowest BCUT2D eigenvalue weighted by Gasteiger charge is -2.33. The Labute approximate surface area is 72.6 Å². The van der Waals surface area contributed by atoms with E-state index in [-0.39, 0.29) is 12.1 Å². The second-order valence-electron chi connectivity index (χ2n) is 3.37. The van der Waals surface area contributed by atoms with Crippen LogP contribution in [0, 0.1) is 0 Å². The molecular weight excluding hydrogens is 154 g/mol. The third-order valence-electron chi connectivity index (χ3n) is 2.57. The molecular formula is C9H15NO2. The highest BCUT2D eigenvalue weighted by molar-refractivity contribution is 5.07. The van der Waals surface area contributed by atoms with Crippen LogP contribution in [-0.4, -0.2) is 48.5 Å². The Kier molecular flexibility index (Phi) is 2.44. The highest BCUT2D eigenvalue weighted by Gasteiger charge is 2.27. The zero-order valence-electron chi connectivity index (χ0n) is 7.15. The Hall–Kier alpha value is -0.380. The summed E-state index contributed by atoms with van der Waals surface area (Å²) in [4.78, 5) is 2.29. The van der Waals surface area contributed by atoms with Crippen LogP contribution in [0.1, 0.15) is 6.42 Å². The number of hydrogen-bond donors (Lipinski definition) is 1. The molecule has 0 spiro atoms. The maximum absolute atomic E-state index is 9.60. The summed E-state index contributed by atoms with van der Waals surface area (Å²) in [7, 11) is 0. The second kappa shape index (κ2) is 3.56. The molecule has 1 N–H and O–H groups in total. The largest absolute Gasteiger partial charge is 0.391 e. The number of ether oxygens (including phenoxy) is 1. The van der Waals surface area contributed by atoms with Gasteiger partial charge in [0.1, 0.15) is 0 Å². The van der Waals surface area contributed by atoms with E-state index in [0.29, 0.717) is 0 Å². The van der Waals surface area contributed by atoms with E-state index in [0.717, 1.165) is 32.7 Å². The lowest BCUT2D eigenvalue weighted by atomic mass is 10.1. The number of hydrogen-bond acceptors (Lipinski definition) is 3. The number of morpholine rings is 1. The first-order valence-corrected chi connectivity index (χ1v) is 4.54. The van der Waals surface area contributed by atoms with Crippen LogP contribution in [0.15, 0.2) is 12.2 Å². The molecule has 1 saturated heterocycles. The van der Waals surface area contributed by atoms with Gasteiger partial charge in [0.2, 0.25) is 0 Å². The van der Waals surface area contributed by atoms with E-state index in [1.54, 1.807) is 0 Å². The average Bonchev–Trinajstić information content (AvgIpc) is 2.53. The van der Waals surface area contributed by atoms with Gasteiger partial charge in [0.25, 0.3) is 0 Å². The van der Waals surface area contributed by atoms with Gasteiger partial charge in [0.05, 0.1) is 25.4 Å².